The predicted octanol–water partition coefficient (Wildman–Crippen LogP) is 2.75. The molecule has 3 rings (SSSR count). The van der Waals surface area contributed by atoms with Gasteiger partial charge in [-0.3, -0.25) is 0 Å². The SMILES string of the molecule is Oc1ccc(CNC2COCc3ccccc32)cc1. The molecule has 1 aliphatic heterocycles. The number of hydrogen-bond donors (Lipinski definition) is 2. The van der Waals surface area contributed by atoms with Gasteiger partial charge in [0.1, 0.15) is 5.75 Å². The van der Waals surface area contributed by atoms with Crippen LogP contribution in [0.2, 0.25) is 0 Å². The van der Waals surface area contributed by atoms with Gasteiger partial charge in [-0.25, -0.2) is 0 Å². The Bertz CT molecular complexity index is 551. The van der Waals surface area contributed by atoms with Crippen molar-refractivity contribution in [2.75, 3.05) is 6.61 Å². The van der Waals surface area contributed by atoms with Gasteiger partial charge >= 0.3 is 0 Å². The monoisotopic (exact) mass is 255 g/mol. The topological polar surface area (TPSA) is 41.5 Å². The lowest BCUT2D eigenvalue weighted by atomic mass is 9.99. The van der Waals surface area contributed by atoms with Crippen LogP contribution >= 0.6 is 0 Å². The highest BCUT2D eigenvalue weighted by molar-refractivity contribution is 5.31. The molecule has 2 aromatic carbocycles. The van der Waals surface area contributed by atoms with Crippen LogP contribution in [0.4, 0.5) is 0 Å². The van der Waals surface area contributed by atoms with E-state index in [2.05, 4.69) is 23.5 Å². The van der Waals surface area contributed by atoms with E-state index in [4.69, 9.17) is 4.74 Å². The Morgan fingerprint density at radius 2 is 1.89 bits per heavy atom. The van der Waals surface area contributed by atoms with Crippen LogP contribution in [0.5, 0.6) is 5.75 Å². The number of benzene rings is 2. The Morgan fingerprint density at radius 1 is 1.11 bits per heavy atom. The summed E-state index contributed by atoms with van der Waals surface area (Å²) in [7, 11) is 0. The molecule has 0 radical (unpaired) electrons. The summed E-state index contributed by atoms with van der Waals surface area (Å²) in [6.45, 7) is 2.17. The summed E-state index contributed by atoms with van der Waals surface area (Å²) in [5.41, 5.74) is 3.74. The van der Waals surface area contributed by atoms with E-state index < -0.39 is 0 Å². The first-order valence-electron chi connectivity index (χ1n) is 6.50. The van der Waals surface area contributed by atoms with Gasteiger partial charge in [0.25, 0.3) is 0 Å². The lowest BCUT2D eigenvalue weighted by Gasteiger charge is -2.26. The largest absolute Gasteiger partial charge is 0.508 e. The molecule has 1 atom stereocenters. The van der Waals surface area contributed by atoms with Crippen molar-refractivity contribution in [1.82, 2.24) is 5.32 Å². The van der Waals surface area contributed by atoms with Gasteiger partial charge in [0, 0.05) is 6.54 Å². The fourth-order valence-corrected chi connectivity index (χ4v) is 2.41. The molecule has 0 aromatic heterocycles. The molecule has 0 bridgehead atoms. The zero-order valence-electron chi connectivity index (χ0n) is 10.7. The molecule has 0 spiro atoms. The van der Waals surface area contributed by atoms with Gasteiger partial charge in [0.15, 0.2) is 0 Å². The summed E-state index contributed by atoms with van der Waals surface area (Å²) in [5, 5.41) is 12.8. The minimum atomic E-state index is 0.235. The van der Waals surface area contributed by atoms with Crippen molar-refractivity contribution in [3.63, 3.8) is 0 Å². The summed E-state index contributed by atoms with van der Waals surface area (Å²) in [4.78, 5) is 0. The molecule has 0 saturated heterocycles. The summed E-state index contributed by atoms with van der Waals surface area (Å²) in [6, 6.07) is 15.9. The van der Waals surface area contributed by atoms with Gasteiger partial charge < -0.3 is 15.2 Å². The van der Waals surface area contributed by atoms with E-state index in [9.17, 15) is 5.11 Å². The Hall–Kier alpha value is -1.84. The molecule has 3 nitrogen and oxygen atoms in total. The van der Waals surface area contributed by atoms with E-state index in [1.165, 1.54) is 11.1 Å². The molecule has 0 fully saturated rings. The van der Waals surface area contributed by atoms with Crippen LogP contribution in [0.25, 0.3) is 0 Å². The highest BCUT2D eigenvalue weighted by Gasteiger charge is 2.19. The van der Waals surface area contributed by atoms with E-state index in [-0.39, 0.29) is 6.04 Å². The molecule has 1 heterocycles. The molecule has 2 aromatic rings. The molecule has 2 N–H and O–H groups in total. The Kier molecular flexibility index (Phi) is 3.49. The number of hydrogen-bond acceptors (Lipinski definition) is 3. The van der Waals surface area contributed by atoms with Crippen molar-refractivity contribution in [3.8, 4) is 5.75 Å². The third-order valence-electron chi connectivity index (χ3n) is 3.46. The molecule has 0 amide bonds. The van der Waals surface area contributed by atoms with E-state index >= 15 is 0 Å². The van der Waals surface area contributed by atoms with Crippen molar-refractivity contribution < 1.29 is 9.84 Å². The van der Waals surface area contributed by atoms with Crippen LogP contribution in [0.1, 0.15) is 22.7 Å². The zero-order valence-corrected chi connectivity index (χ0v) is 10.7. The van der Waals surface area contributed by atoms with Crippen molar-refractivity contribution in [3.05, 3.63) is 65.2 Å². The highest BCUT2D eigenvalue weighted by Crippen LogP contribution is 2.24. The van der Waals surface area contributed by atoms with E-state index in [0.717, 1.165) is 12.1 Å². The van der Waals surface area contributed by atoms with Crippen molar-refractivity contribution >= 4 is 0 Å². The van der Waals surface area contributed by atoms with Gasteiger partial charge in [-0.15, -0.1) is 0 Å². The van der Waals surface area contributed by atoms with Crippen LogP contribution in [0.15, 0.2) is 48.5 Å². The number of rotatable bonds is 3. The van der Waals surface area contributed by atoms with Crippen molar-refractivity contribution in [2.24, 2.45) is 0 Å². The third kappa shape index (κ3) is 2.78. The number of nitrogens with one attached hydrogen (secondary N) is 1. The van der Waals surface area contributed by atoms with Crippen molar-refractivity contribution in [1.29, 1.82) is 0 Å². The second kappa shape index (κ2) is 5.43. The zero-order chi connectivity index (χ0) is 13.1. The summed E-state index contributed by atoms with van der Waals surface area (Å²) < 4.78 is 5.61. The molecule has 0 saturated carbocycles. The van der Waals surface area contributed by atoms with Crippen LogP contribution in [-0.2, 0) is 17.9 Å². The van der Waals surface area contributed by atoms with Gasteiger partial charge in [-0.05, 0) is 28.8 Å². The van der Waals surface area contributed by atoms with E-state index in [1.54, 1.807) is 12.1 Å². The van der Waals surface area contributed by atoms with E-state index in [1.807, 2.05) is 18.2 Å². The highest BCUT2D eigenvalue weighted by atomic mass is 16.5. The Balaban J connectivity index is 1.69. The minimum Gasteiger partial charge on any atom is -0.508 e. The fraction of sp³-hybridized carbons (Fsp3) is 0.250. The Labute approximate surface area is 112 Å². The second-order valence-electron chi connectivity index (χ2n) is 4.81. The molecule has 1 unspecified atom stereocenters. The normalized spacial score (nSPS) is 18.0. The van der Waals surface area contributed by atoms with Gasteiger partial charge in [-0.1, -0.05) is 36.4 Å². The molecule has 3 heteroatoms. The lowest BCUT2D eigenvalue weighted by Crippen LogP contribution is -2.29. The maximum Gasteiger partial charge on any atom is 0.115 e. The van der Waals surface area contributed by atoms with Crippen molar-refractivity contribution in [2.45, 2.75) is 19.2 Å². The number of phenolic OH excluding ortho intramolecular Hbond substituents is 1. The minimum absolute atomic E-state index is 0.235. The molecular weight excluding hydrogens is 238 g/mol. The van der Waals surface area contributed by atoms with Crippen LogP contribution in [-0.4, -0.2) is 11.7 Å². The van der Waals surface area contributed by atoms with Crippen LogP contribution < -0.4 is 5.32 Å². The molecule has 1 aliphatic rings. The molecule has 98 valence electrons. The summed E-state index contributed by atoms with van der Waals surface area (Å²) >= 11 is 0. The first-order chi connectivity index (χ1) is 9.33. The number of phenols is 1. The van der Waals surface area contributed by atoms with Gasteiger partial charge in [0.2, 0.25) is 0 Å². The molecular formula is C16H17NO2. The van der Waals surface area contributed by atoms with Gasteiger partial charge in [-0.2, -0.15) is 0 Å². The Morgan fingerprint density at radius 3 is 2.74 bits per heavy atom. The first kappa shape index (κ1) is 12.2. The third-order valence-corrected chi connectivity index (χ3v) is 3.46. The average molecular weight is 255 g/mol. The maximum atomic E-state index is 9.26. The second-order valence-corrected chi connectivity index (χ2v) is 4.81. The first-order valence-corrected chi connectivity index (χ1v) is 6.50. The predicted molar refractivity (Wildman–Crippen MR) is 73.8 cm³/mol. The fourth-order valence-electron chi connectivity index (χ4n) is 2.41. The maximum absolute atomic E-state index is 9.26. The lowest BCUT2D eigenvalue weighted by molar-refractivity contribution is 0.0817. The smallest absolute Gasteiger partial charge is 0.115 e. The standard InChI is InChI=1S/C16H17NO2/c18-14-7-5-12(6-8-14)9-17-16-11-19-10-13-3-1-2-4-15(13)16/h1-8,16-18H,9-11H2. The molecule has 19 heavy (non-hydrogen) atoms. The summed E-state index contributed by atoms with van der Waals surface area (Å²) in [6.07, 6.45) is 0. The molecule has 0 aliphatic carbocycles. The average Bonchev–Trinajstić information content (AvgIpc) is 2.47. The quantitative estimate of drug-likeness (QED) is 0.886. The van der Waals surface area contributed by atoms with Crippen LogP contribution in [0.3, 0.4) is 0 Å². The van der Waals surface area contributed by atoms with Gasteiger partial charge in [0.05, 0.1) is 19.3 Å². The van der Waals surface area contributed by atoms with Crippen LogP contribution in [0, 0.1) is 0 Å². The summed E-state index contributed by atoms with van der Waals surface area (Å²) in [5.74, 6) is 0.301. The number of aromatic hydroxyl groups is 1. The number of ether oxygens (including phenoxy) is 1. The number of fused-ring (bicyclic) bond motifs is 1. The van der Waals surface area contributed by atoms with E-state index in [0.29, 0.717) is 19.0 Å².